The monoisotopic (exact) mass is 302 g/mol. The van der Waals surface area contributed by atoms with E-state index in [2.05, 4.69) is 60.2 Å². The Bertz CT molecular complexity index is 589. The standard InChI is InChI=1S/C17H22N2OS/c1-12-4-6-15(7-5-12)14(3)19-17(20)11-18-10-16-13(2)8-9-21-16/h4-9,14,18H,10-11H2,1-3H3,(H,19,20)/t14-/m1/s1. The summed E-state index contributed by atoms with van der Waals surface area (Å²) in [7, 11) is 0. The fourth-order valence-corrected chi connectivity index (χ4v) is 2.98. The van der Waals surface area contributed by atoms with Crippen LogP contribution in [0.2, 0.25) is 0 Å². The molecule has 1 aromatic heterocycles. The molecular weight excluding hydrogens is 280 g/mol. The molecule has 2 rings (SSSR count). The molecule has 0 saturated heterocycles. The molecule has 2 N–H and O–H groups in total. The molecule has 0 bridgehead atoms. The van der Waals surface area contributed by atoms with E-state index >= 15 is 0 Å². The molecule has 0 radical (unpaired) electrons. The summed E-state index contributed by atoms with van der Waals surface area (Å²) in [5.74, 6) is 0.0253. The first-order valence-electron chi connectivity index (χ1n) is 7.16. The number of thiophene rings is 1. The molecule has 0 aliphatic heterocycles. The van der Waals surface area contributed by atoms with Crippen LogP contribution in [0.5, 0.6) is 0 Å². The number of nitrogens with one attached hydrogen (secondary N) is 2. The Morgan fingerprint density at radius 3 is 2.52 bits per heavy atom. The van der Waals surface area contributed by atoms with E-state index in [0.717, 1.165) is 12.1 Å². The third kappa shape index (κ3) is 4.69. The van der Waals surface area contributed by atoms with Gasteiger partial charge >= 0.3 is 0 Å². The minimum Gasteiger partial charge on any atom is -0.348 e. The molecule has 112 valence electrons. The predicted molar refractivity (Wildman–Crippen MR) is 88.5 cm³/mol. The van der Waals surface area contributed by atoms with Gasteiger partial charge in [0, 0.05) is 11.4 Å². The minimum atomic E-state index is 0.0253. The van der Waals surface area contributed by atoms with Gasteiger partial charge in [-0.3, -0.25) is 4.79 Å². The molecule has 1 amide bonds. The maximum atomic E-state index is 11.9. The summed E-state index contributed by atoms with van der Waals surface area (Å²) in [5, 5.41) is 8.28. The predicted octanol–water partition coefficient (Wildman–Crippen LogP) is 3.33. The molecule has 3 nitrogen and oxygen atoms in total. The Kier molecular flexibility index (Phi) is 5.53. The van der Waals surface area contributed by atoms with Gasteiger partial charge in [-0.25, -0.2) is 0 Å². The molecular formula is C17H22N2OS. The van der Waals surface area contributed by atoms with E-state index in [9.17, 15) is 4.79 Å². The third-order valence-corrected chi connectivity index (χ3v) is 4.52. The highest BCUT2D eigenvalue weighted by molar-refractivity contribution is 7.10. The zero-order chi connectivity index (χ0) is 15.2. The number of benzene rings is 1. The van der Waals surface area contributed by atoms with E-state index in [1.807, 2.05) is 6.92 Å². The van der Waals surface area contributed by atoms with Gasteiger partial charge in [-0.2, -0.15) is 0 Å². The molecule has 0 unspecified atom stereocenters. The van der Waals surface area contributed by atoms with Crippen LogP contribution in [0.15, 0.2) is 35.7 Å². The van der Waals surface area contributed by atoms with Crippen molar-refractivity contribution in [3.63, 3.8) is 0 Å². The average Bonchev–Trinajstić information content (AvgIpc) is 2.85. The largest absolute Gasteiger partial charge is 0.348 e. The van der Waals surface area contributed by atoms with Crippen LogP contribution in [0.25, 0.3) is 0 Å². The van der Waals surface area contributed by atoms with Crippen molar-refractivity contribution >= 4 is 17.2 Å². The fourth-order valence-electron chi connectivity index (χ4n) is 2.11. The Morgan fingerprint density at radius 1 is 1.19 bits per heavy atom. The second kappa shape index (κ2) is 7.38. The molecule has 4 heteroatoms. The SMILES string of the molecule is Cc1ccc([C@@H](C)NC(=O)CNCc2sccc2C)cc1. The first-order chi connectivity index (χ1) is 10.1. The van der Waals surface area contributed by atoms with Crippen molar-refractivity contribution in [2.45, 2.75) is 33.4 Å². The van der Waals surface area contributed by atoms with E-state index in [1.54, 1.807) is 11.3 Å². The van der Waals surface area contributed by atoms with E-state index < -0.39 is 0 Å². The highest BCUT2D eigenvalue weighted by atomic mass is 32.1. The van der Waals surface area contributed by atoms with Crippen LogP contribution in [0.1, 0.15) is 34.5 Å². The molecule has 0 saturated carbocycles. The van der Waals surface area contributed by atoms with Gasteiger partial charge in [-0.15, -0.1) is 11.3 Å². The summed E-state index contributed by atoms with van der Waals surface area (Å²) in [6.07, 6.45) is 0. The highest BCUT2D eigenvalue weighted by Gasteiger charge is 2.09. The van der Waals surface area contributed by atoms with Gasteiger partial charge in [0.15, 0.2) is 0 Å². The highest BCUT2D eigenvalue weighted by Crippen LogP contribution is 2.15. The van der Waals surface area contributed by atoms with Crippen LogP contribution in [0.3, 0.4) is 0 Å². The van der Waals surface area contributed by atoms with Crippen molar-refractivity contribution in [1.82, 2.24) is 10.6 Å². The van der Waals surface area contributed by atoms with Gasteiger partial charge in [0.05, 0.1) is 12.6 Å². The number of amides is 1. The Balaban J connectivity index is 1.76. The molecule has 1 heterocycles. The fraction of sp³-hybridized carbons (Fsp3) is 0.353. The molecule has 0 fully saturated rings. The van der Waals surface area contributed by atoms with Crippen molar-refractivity contribution in [3.8, 4) is 0 Å². The third-order valence-electron chi connectivity index (χ3n) is 3.49. The number of hydrogen-bond donors (Lipinski definition) is 2. The number of rotatable bonds is 6. The van der Waals surface area contributed by atoms with Crippen LogP contribution in [0.4, 0.5) is 0 Å². The van der Waals surface area contributed by atoms with E-state index in [1.165, 1.54) is 16.0 Å². The number of hydrogen-bond acceptors (Lipinski definition) is 3. The van der Waals surface area contributed by atoms with Crippen LogP contribution < -0.4 is 10.6 Å². The summed E-state index contributed by atoms with van der Waals surface area (Å²) < 4.78 is 0. The topological polar surface area (TPSA) is 41.1 Å². The van der Waals surface area contributed by atoms with E-state index in [0.29, 0.717) is 6.54 Å². The van der Waals surface area contributed by atoms with Gasteiger partial charge in [-0.05, 0) is 43.3 Å². The minimum absolute atomic E-state index is 0.0253. The summed E-state index contributed by atoms with van der Waals surface area (Å²) in [5.41, 5.74) is 3.63. The molecule has 1 atom stereocenters. The first kappa shape index (κ1) is 15.7. The van der Waals surface area contributed by atoms with Gasteiger partial charge < -0.3 is 10.6 Å². The molecule has 0 spiro atoms. The lowest BCUT2D eigenvalue weighted by molar-refractivity contribution is -0.120. The molecule has 1 aromatic carbocycles. The quantitative estimate of drug-likeness (QED) is 0.859. The lowest BCUT2D eigenvalue weighted by Crippen LogP contribution is -2.35. The van der Waals surface area contributed by atoms with E-state index in [4.69, 9.17) is 0 Å². The zero-order valence-corrected chi connectivity index (χ0v) is 13.6. The zero-order valence-electron chi connectivity index (χ0n) is 12.8. The maximum absolute atomic E-state index is 11.9. The lowest BCUT2D eigenvalue weighted by atomic mass is 10.1. The van der Waals surface area contributed by atoms with Crippen molar-refractivity contribution in [1.29, 1.82) is 0 Å². The van der Waals surface area contributed by atoms with Crippen LogP contribution >= 0.6 is 11.3 Å². The Hall–Kier alpha value is -1.65. The van der Waals surface area contributed by atoms with Crippen molar-refractivity contribution in [2.75, 3.05) is 6.54 Å². The smallest absolute Gasteiger partial charge is 0.234 e. The summed E-state index contributed by atoms with van der Waals surface area (Å²) in [6, 6.07) is 10.4. The van der Waals surface area contributed by atoms with Gasteiger partial charge in [0.2, 0.25) is 5.91 Å². The van der Waals surface area contributed by atoms with Gasteiger partial charge in [0.1, 0.15) is 0 Å². The molecule has 0 aliphatic rings. The second-order valence-corrected chi connectivity index (χ2v) is 6.33. The number of aryl methyl sites for hydroxylation is 2. The molecule has 21 heavy (non-hydrogen) atoms. The Labute approximate surface area is 130 Å². The average molecular weight is 302 g/mol. The van der Waals surface area contributed by atoms with Crippen LogP contribution in [0, 0.1) is 13.8 Å². The first-order valence-corrected chi connectivity index (χ1v) is 8.04. The maximum Gasteiger partial charge on any atom is 0.234 e. The summed E-state index contributed by atoms with van der Waals surface area (Å²) >= 11 is 1.72. The summed E-state index contributed by atoms with van der Waals surface area (Å²) in [4.78, 5) is 13.2. The Morgan fingerprint density at radius 2 is 1.90 bits per heavy atom. The molecule has 0 aliphatic carbocycles. The second-order valence-electron chi connectivity index (χ2n) is 5.33. The van der Waals surface area contributed by atoms with Gasteiger partial charge in [-0.1, -0.05) is 29.8 Å². The van der Waals surface area contributed by atoms with E-state index in [-0.39, 0.29) is 11.9 Å². The van der Waals surface area contributed by atoms with Crippen molar-refractivity contribution in [3.05, 3.63) is 57.3 Å². The molecule has 2 aromatic rings. The number of carbonyl (C=O) groups excluding carboxylic acids is 1. The van der Waals surface area contributed by atoms with Crippen LogP contribution in [-0.2, 0) is 11.3 Å². The summed E-state index contributed by atoms with van der Waals surface area (Å²) in [6.45, 7) is 7.24. The van der Waals surface area contributed by atoms with Crippen LogP contribution in [-0.4, -0.2) is 12.5 Å². The normalized spacial score (nSPS) is 12.1. The lowest BCUT2D eigenvalue weighted by Gasteiger charge is -2.15. The number of carbonyl (C=O) groups is 1. The van der Waals surface area contributed by atoms with Gasteiger partial charge in [0.25, 0.3) is 0 Å². The van der Waals surface area contributed by atoms with Crippen molar-refractivity contribution < 1.29 is 4.79 Å². The van der Waals surface area contributed by atoms with Crippen molar-refractivity contribution in [2.24, 2.45) is 0 Å².